The predicted octanol–water partition coefficient (Wildman–Crippen LogP) is 2.47. The average molecular weight is 222 g/mol. The van der Waals surface area contributed by atoms with Crippen LogP contribution in [0.1, 0.15) is 44.7 Å². The van der Waals surface area contributed by atoms with E-state index in [9.17, 15) is 0 Å². The third-order valence-electron chi connectivity index (χ3n) is 3.38. The van der Waals surface area contributed by atoms with Gasteiger partial charge >= 0.3 is 0 Å². The molecule has 16 heavy (non-hydrogen) atoms. The van der Waals surface area contributed by atoms with E-state index in [2.05, 4.69) is 36.9 Å². The fourth-order valence-corrected chi connectivity index (χ4v) is 2.28. The molecule has 1 aliphatic rings. The Morgan fingerprint density at radius 2 is 2.38 bits per heavy atom. The summed E-state index contributed by atoms with van der Waals surface area (Å²) in [6, 6.07) is 2.29. The van der Waals surface area contributed by atoms with Gasteiger partial charge in [-0.15, -0.1) is 0 Å². The van der Waals surface area contributed by atoms with Gasteiger partial charge < -0.3 is 15.0 Å². The normalized spacial score (nSPS) is 27.2. The van der Waals surface area contributed by atoms with Gasteiger partial charge in [-0.1, -0.05) is 6.92 Å². The summed E-state index contributed by atoms with van der Waals surface area (Å²) in [5.74, 6) is 0. The van der Waals surface area contributed by atoms with Crippen molar-refractivity contribution in [3.8, 4) is 0 Å². The van der Waals surface area contributed by atoms with Gasteiger partial charge in [0.1, 0.15) is 0 Å². The van der Waals surface area contributed by atoms with E-state index in [1.807, 2.05) is 0 Å². The van der Waals surface area contributed by atoms with Gasteiger partial charge in [0.2, 0.25) is 0 Å². The Morgan fingerprint density at radius 1 is 1.56 bits per heavy atom. The average Bonchev–Trinajstić information content (AvgIpc) is 2.87. The molecule has 2 heterocycles. The molecular weight excluding hydrogens is 200 g/mol. The van der Waals surface area contributed by atoms with E-state index in [-0.39, 0.29) is 6.04 Å². The van der Waals surface area contributed by atoms with Crippen molar-refractivity contribution in [1.29, 1.82) is 0 Å². The first kappa shape index (κ1) is 11.7. The first-order valence-electron chi connectivity index (χ1n) is 6.25. The third-order valence-corrected chi connectivity index (χ3v) is 3.38. The van der Waals surface area contributed by atoms with Crippen LogP contribution in [-0.4, -0.2) is 16.8 Å². The minimum atomic E-state index is 0.171. The van der Waals surface area contributed by atoms with Gasteiger partial charge in [0.15, 0.2) is 0 Å². The molecule has 0 aromatic carbocycles. The van der Waals surface area contributed by atoms with Gasteiger partial charge in [-0.25, -0.2) is 0 Å². The van der Waals surface area contributed by atoms with Crippen molar-refractivity contribution >= 4 is 0 Å². The van der Waals surface area contributed by atoms with Crippen LogP contribution in [-0.2, 0) is 11.3 Å². The van der Waals surface area contributed by atoms with E-state index < -0.39 is 0 Å². The number of rotatable bonds is 4. The van der Waals surface area contributed by atoms with Crippen molar-refractivity contribution in [3.63, 3.8) is 0 Å². The molecule has 1 aromatic rings. The molecule has 0 aliphatic carbocycles. The molecule has 0 spiro atoms. The zero-order valence-corrected chi connectivity index (χ0v) is 10.2. The quantitative estimate of drug-likeness (QED) is 0.850. The first-order chi connectivity index (χ1) is 7.69. The molecule has 0 saturated carbocycles. The maximum absolute atomic E-state index is 5.99. The van der Waals surface area contributed by atoms with Crippen molar-refractivity contribution in [2.75, 3.05) is 0 Å². The van der Waals surface area contributed by atoms with Crippen LogP contribution in [0.4, 0.5) is 0 Å². The number of aromatic nitrogens is 1. The summed E-state index contributed by atoms with van der Waals surface area (Å²) in [6.45, 7) is 5.22. The fourth-order valence-electron chi connectivity index (χ4n) is 2.28. The second-order valence-electron chi connectivity index (χ2n) is 4.80. The largest absolute Gasteiger partial charge is 0.373 e. The summed E-state index contributed by atoms with van der Waals surface area (Å²) in [7, 11) is 0. The lowest BCUT2D eigenvalue weighted by Crippen LogP contribution is -2.15. The van der Waals surface area contributed by atoms with E-state index in [4.69, 9.17) is 10.5 Å². The summed E-state index contributed by atoms with van der Waals surface area (Å²) in [4.78, 5) is 0. The molecule has 3 heteroatoms. The molecule has 3 nitrogen and oxygen atoms in total. The summed E-state index contributed by atoms with van der Waals surface area (Å²) in [5.41, 5.74) is 7.22. The summed E-state index contributed by atoms with van der Waals surface area (Å²) >= 11 is 0. The van der Waals surface area contributed by atoms with Crippen LogP contribution in [0.3, 0.4) is 0 Å². The third kappa shape index (κ3) is 2.66. The molecule has 1 saturated heterocycles. The lowest BCUT2D eigenvalue weighted by Gasteiger charge is -2.12. The van der Waals surface area contributed by atoms with Crippen LogP contribution in [0.15, 0.2) is 18.5 Å². The van der Waals surface area contributed by atoms with E-state index in [0.717, 1.165) is 13.0 Å². The highest BCUT2D eigenvalue weighted by Crippen LogP contribution is 2.21. The smallest absolute Gasteiger partial charge is 0.0758 e. The molecule has 2 N–H and O–H groups in total. The molecular formula is C13H22N2O. The van der Waals surface area contributed by atoms with Crippen LogP contribution < -0.4 is 5.73 Å². The molecule has 2 rings (SSSR count). The Balaban J connectivity index is 1.92. The number of ether oxygens (including phenoxy) is 1. The lowest BCUT2D eigenvalue weighted by atomic mass is 10.1. The SMILES string of the molecule is CCC(N)c1ccn(CC2CCC(C)O2)c1. The highest BCUT2D eigenvalue weighted by atomic mass is 16.5. The minimum absolute atomic E-state index is 0.171. The van der Waals surface area contributed by atoms with Crippen LogP contribution in [0.25, 0.3) is 0 Å². The molecule has 90 valence electrons. The second-order valence-corrected chi connectivity index (χ2v) is 4.80. The van der Waals surface area contributed by atoms with Gasteiger partial charge in [0.05, 0.1) is 12.2 Å². The molecule has 0 amide bonds. The lowest BCUT2D eigenvalue weighted by molar-refractivity contribution is 0.0458. The van der Waals surface area contributed by atoms with E-state index in [1.165, 1.54) is 18.4 Å². The first-order valence-corrected chi connectivity index (χ1v) is 6.25. The molecule has 1 fully saturated rings. The number of nitrogens with two attached hydrogens (primary N) is 1. The zero-order chi connectivity index (χ0) is 11.5. The Kier molecular flexibility index (Phi) is 3.66. The fraction of sp³-hybridized carbons (Fsp3) is 0.692. The maximum atomic E-state index is 5.99. The molecule has 0 bridgehead atoms. The summed E-state index contributed by atoms with van der Waals surface area (Å²) < 4.78 is 8.01. The zero-order valence-electron chi connectivity index (χ0n) is 10.2. The molecule has 0 radical (unpaired) electrons. The predicted molar refractivity (Wildman–Crippen MR) is 65.2 cm³/mol. The van der Waals surface area contributed by atoms with E-state index in [1.54, 1.807) is 0 Å². The molecule has 3 atom stereocenters. The van der Waals surface area contributed by atoms with Gasteiger partial charge in [0, 0.05) is 25.0 Å². The van der Waals surface area contributed by atoms with Crippen molar-refractivity contribution in [2.24, 2.45) is 5.73 Å². The summed E-state index contributed by atoms with van der Waals surface area (Å²) in [5, 5.41) is 0. The number of nitrogens with zero attached hydrogens (tertiary/aromatic N) is 1. The highest BCUT2D eigenvalue weighted by Gasteiger charge is 2.21. The van der Waals surface area contributed by atoms with Crippen LogP contribution in [0.5, 0.6) is 0 Å². The monoisotopic (exact) mass is 222 g/mol. The number of hydrogen-bond donors (Lipinski definition) is 1. The van der Waals surface area contributed by atoms with Gasteiger partial charge in [0.25, 0.3) is 0 Å². The van der Waals surface area contributed by atoms with E-state index in [0.29, 0.717) is 12.2 Å². The Bertz CT molecular complexity index is 334. The van der Waals surface area contributed by atoms with E-state index >= 15 is 0 Å². The van der Waals surface area contributed by atoms with Crippen LogP contribution in [0, 0.1) is 0 Å². The van der Waals surface area contributed by atoms with Gasteiger partial charge in [-0.3, -0.25) is 0 Å². The standard InChI is InChI=1S/C13H22N2O/c1-3-13(14)11-6-7-15(8-11)9-12-5-4-10(2)16-12/h6-8,10,12-13H,3-5,9,14H2,1-2H3. The summed E-state index contributed by atoms with van der Waals surface area (Å²) in [6.07, 6.45) is 8.42. The van der Waals surface area contributed by atoms with Crippen LogP contribution in [0.2, 0.25) is 0 Å². The molecule has 3 unspecified atom stereocenters. The van der Waals surface area contributed by atoms with Gasteiger partial charge in [-0.05, 0) is 37.8 Å². The van der Waals surface area contributed by atoms with Crippen molar-refractivity contribution in [1.82, 2.24) is 4.57 Å². The van der Waals surface area contributed by atoms with Gasteiger partial charge in [-0.2, -0.15) is 0 Å². The van der Waals surface area contributed by atoms with Crippen LogP contribution >= 0.6 is 0 Å². The Labute approximate surface area is 97.6 Å². The van der Waals surface area contributed by atoms with Crippen molar-refractivity contribution < 1.29 is 4.74 Å². The number of hydrogen-bond acceptors (Lipinski definition) is 2. The van der Waals surface area contributed by atoms with Crippen molar-refractivity contribution in [3.05, 3.63) is 24.0 Å². The topological polar surface area (TPSA) is 40.2 Å². The highest BCUT2D eigenvalue weighted by molar-refractivity contribution is 5.14. The molecule has 1 aliphatic heterocycles. The Hall–Kier alpha value is -0.800. The minimum Gasteiger partial charge on any atom is -0.373 e. The molecule has 1 aromatic heterocycles. The Morgan fingerprint density at radius 3 is 3.00 bits per heavy atom. The van der Waals surface area contributed by atoms with Crippen molar-refractivity contribution in [2.45, 2.75) is 57.9 Å². The second kappa shape index (κ2) is 5.02. The maximum Gasteiger partial charge on any atom is 0.0758 e.